The molecule has 0 amide bonds. The third-order valence-corrected chi connectivity index (χ3v) is 3.64. The third kappa shape index (κ3) is 2.25. The summed E-state index contributed by atoms with van der Waals surface area (Å²) in [5.41, 5.74) is 2.89. The van der Waals surface area contributed by atoms with Gasteiger partial charge >= 0.3 is 0 Å². The number of hydrogen-bond donors (Lipinski definition) is 0. The van der Waals surface area contributed by atoms with Crippen molar-refractivity contribution in [1.29, 1.82) is 0 Å². The summed E-state index contributed by atoms with van der Waals surface area (Å²) in [6, 6.07) is 8.16. The molecule has 3 rings (SSSR count). The summed E-state index contributed by atoms with van der Waals surface area (Å²) in [6.07, 6.45) is 7.08. The van der Waals surface area contributed by atoms with Gasteiger partial charge in [0.1, 0.15) is 11.5 Å². The van der Waals surface area contributed by atoms with E-state index >= 15 is 0 Å². The second-order valence-corrected chi connectivity index (χ2v) is 5.01. The molecule has 0 radical (unpaired) electrons. The lowest BCUT2D eigenvalue weighted by Gasteiger charge is -2.11. The van der Waals surface area contributed by atoms with Crippen LogP contribution >= 0.6 is 11.6 Å². The van der Waals surface area contributed by atoms with Crippen molar-refractivity contribution in [3.05, 3.63) is 53.7 Å². The molecular formula is C16H14ClN3. The van der Waals surface area contributed by atoms with Gasteiger partial charge in [0.15, 0.2) is 0 Å². The number of aromatic nitrogens is 3. The first-order chi connectivity index (χ1) is 9.81. The summed E-state index contributed by atoms with van der Waals surface area (Å²) in [4.78, 5) is 12.9. The minimum Gasteiger partial charge on any atom is -0.263 e. The lowest BCUT2D eigenvalue weighted by atomic mass is 10.0. The standard InChI is InChI=1S/C16H14ClN3/c1-2-5-13-15(19-10-20-16(13)17)14-9-18-8-11-6-3-4-7-12(11)14/h3-4,6-10H,2,5H2,1H3. The first kappa shape index (κ1) is 13.0. The molecular weight excluding hydrogens is 270 g/mol. The first-order valence-corrected chi connectivity index (χ1v) is 7.01. The van der Waals surface area contributed by atoms with E-state index in [4.69, 9.17) is 11.6 Å². The summed E-state index contributed by atoms with van der Waals surface area (Å²) >= 11 is 6.24. The fourth-order valence-corrected chi connectivity index (χ4v) is 2.63. The lowest BCUT2D eigenvalue weighted by Crippen LogP contribution is -1.97. The molecule has 0 unspecified atom stereocenters. The predicted octanol–water partition coefficient (Wildman–Crippen LogP) is 4.30. The highest BCUT2D eigenvalue weighted by molar-refractivity contribution is 6.30. The molecule has 20 heavy (non-hydrogen) atoms. The van der Waals surface area contributed by atoms with Crippen LogP contribution in [0.4, 0.5) is 0 Å². The molecule has 2 heterocycles. The summed E-state index contributed by atoms with van der Waals surface area (Å²) in [6.45, 7) is 2.12. The van der Waals surface area contributed by atoms with Crippen LogP contribution in [0.2, 0.25) is 5.15 Å². The van der Waals surface area contributed by atoms with Gasteiger partial charge < -0.3 is 0 Å². The highest BCUT2D eigenvalue weighted by Gasteiger charge is 2.13. The van der Waals surface area contributed by atoms with Gasteiger partial charge in [-0.2, -0.15) is 0 Å². The molecule has 0 saturated heterocycles. The van der Waals surface area contributed by atoms with Crippen molar-refractivity contribution in [2.24, 2.45) is 0 Å². The van der Waals surface area contributed by atoms with Gasteiger partial charge in [0.2, 0.25) is 0 Å². The minimum atomic E-state index is 0.532. The summed E-state index contributed by atoms with van der Waals surface area (Å²) in [5, 5.41) is 2.77. The Hall–Kier alpha value is -2.00. The molecule has 0 spiro atoms. The molecule has 3 nitrogen and oxygen atoms in total. The van der Waals surface area contributed by atoms with Gasteiger partial charge in [0, 0.05) is 28.9 Å². The molecule has 0 aliphatic rings. The second kappa shape index (κ2) is 5.55. The van der Waals surface area contributed by atoms with Gasteiger partial charge in [-0.25, -0.2) is 9.97 Å². The Morgan fingerprint density at radius 1 is 1.10 bits per heavy atom. The fourth-order valence-electron chi connectivity index (χ4n) is 2.40. The average molecular weight is 284 g/mol. The third-order valence-electron chi connectivity index (χ3n) is 3.32. The van der Waals surface area contributed by atoms with E-state index in [-0.39, 0.29) is 0 Å². The molecule has 0 aliphatic heterocycles. The lowest BCUT2D eigenvalue weighted by molar-refractivity contribution is 0.904. The summed E-state index contributed by atoms with van der Waals surface area (Å²) in [5.74, 6) is 0. The number of pyridine rings is 1. The molecule has 100 valence electrons. The molecule has 0 fully saturated rings. The monoisotopic (exact) mass is 283 g/mol. The van der Waals surface area contributed by atoms with Crippen LogP contribution in [0.1, 0.15) is 18.9 Å². The predicted molar refractivity (Wildman–Crippen MR) is 81.8 cm³/mol. The normalized spacial score (nSPS) is 10.9. The van der Waals surface area contributed by atoms with Gasteiger partial charge in [-0.1, -0.05) is 49.2 Å². The molecule has 2 aromatic heterocycles. The van der Waals surface area contributed by atoms with Gasteiger partial charge in [0.05, 0.1) is 5.69 Å². The van der Waals surface area contributed by atoms with Crippen LogP contribution in [0.5, 0.6) is 0 Å². The van der Waals surface area contributed by atoms with Crippen LogP contribution < -0.4 is 0 Å². The van der Waals surface area contributed by atoms with E-state index in [2.05, 4.69) is 27.9 Å². The summed E-state index contributed by atoms with van der Waals surface area (Å²) < 4.78 is 0. The van der Waals surface area contributed by atoms with E-state index < -0.39 is 0 Å². The number of nitrogens with zero attached hydrogens (tertiary/aromatic N) is 3. The zero-order valence-electron chi connectivity index (χ0n) is 11.2. The first-order valence-electron chi connectivity index (χ1n) is 6.63. The Kier molecular flexibility index (Phi) is 3.61. The second-order valence-electron chi connectivity index (χ2n) is 4.65. The fraction of sp³-hybridized carbons (Fsp3) is 0.188. The molecule has 0 N–H and O–H groups in total. The van der Waals surface area contributed by atoms with E-state index in [1.165, 1.54) is 6.33 Å². The van der Waals surface area contributed by atoms with E-state index in [1.54, 1.807) is 0 Å². The Morgan fingerprint density at radius 3 is 2.80 bits per heavy atom. The van der Waals surface area contributed by atoms with Crippen molar-refractivity contribution in [2.75, 3.05) is 0 Å². The van der Waals surface area contributed by atoms with Gasteiger partial charge in [0.25, 0.3) is 0 Å². The van der Waals surface area contributed by atoms with Crippen LogP contribution in [0.25, 0.3) is 22.0 Å². The maximum absolute atomic E-state index is 6.24. The molecule has 0 atom stereocenters. The maximum atomic E-state index is 6.24. The van der Waals surface area contributed by atoms with Crippen LogP contribution in [0.15, 0.2) is 43.0 Å². The number of fused-ring (bicyclic) bond motifs is 1. The average Bonchev–Trinajstić information content (AvgIpc) is 2.49. The van der Waals surface area contributed by atoms with Crippen molar-refractivity contribution in [3.63, 3.8) is 0 Å². The van der Waals surface area contributed by atoms with Crippen LogP contribution in [0.3, 0.4) is 0 Å². The number of halogens is 1. The van der Waals surface area contributed by atoms with Gasteiger partial charge in [-0.05, 0) is 11.8 Å². The van der Waals surface area contributed by atoms with Crippen LogP contribution in [-0.2, 0) is 6.42 Å². The zero-order chi connectivity index (χ0) is 13.9. The number of hydrogen-bond acceptors (Lipinski definition) is 3. The van der Waals surface area contributed by atoms with Crippen molar-refractivity contribution in [1.82, 2.24) is 15.0 Å². The minimum absolute atomic E-state index is 0.532. The van der Waals surface area contributed by atoms with Crippen molar-refractivity contribution in [3.8, 4) is 11.3 Å². The van der Waals surface area contributed by atoms with Gasteiger partial charge in [-0.3, -0.25) is 4.98 Å². The Bertz CT molecular complexity index is 750. The molecule has 4 heteroatoms. The van der Waals surface area contributed by atoms with E-state index in [1.807, 2.05) is 30.6 Å². The number of rotatable bonds is 3. The van der Waals surface area contributed by atoms with E-state index in [9.17, 15) is 0 Å². The number of benzene rings is 1. The smallest absolute Gasteiger partial charge is 0.136 e. The Morgan fingerprint density at radius 2 is 1.95 bits per heavy atom. The van der Waals surface area contributed by atoms with Crippen molar-refractivity contribution in [2.45, 2.75) is 19.8 Å². The largest absolute Gasteiger partial charge is 0.263 e. The molecule has 1 aromatic carbocycles. The van der Waals surface area contributed by atoms with Crippen LogP contribution in [-0.4, -0.2) is 15.0 Å². The molecule has 0 bridgehead atoms. The zero-order valence-corrected chi connectivity index (χ0v) is 11.9. The van der Waals surface area contributed by atoms with Gasteiger partial charge in [-0.15, -0.1) is 0 Å². The topological polar surface area (TPSA) is 38.7 Å². The Labute approximate surface area is 122 Å². The Balaban J connectivity index is 2.28. The quantitative estimate of drug-likeness (QED) is 0.673. The van der Waals surface area contributed by atoms with Crippen molar-refractivity contribution >= 4 is 22.4 Å². The van der Waals surface area contributed by atoms with E-state index in [0.29, 0.717) is 5.15 Å². The molecule has 0 saturated carbocycles. The van der Waals surface area contributed by atoms with E-state index in [0.717, 1.165) is 40.4 Å². The highest BCUT2D eigenvalue weighted by Crippen LogP contribution is 2.31. The summed E-state index contributed by atoms with van der Waals surface area (Å²) in [7, 11) is 0. The molecule has 3 aromatic rings. The maximum Gasteiger partial charge on any atom is 0.136 e. The molecule has 0 aliphatic carbocycles. The van der Waals surface area contributed by atoms with Crippen molar-refractivity contribution < 1.29 is 0 Å². The van der Waals surface area contributed by atoms with Crippen LogP contribution in [0, 0.1) is 0 Å². The SMILES string of the molecule is CCCc1c(Cl)ncnc1-c1cncc2ccccc12. The highest BCUT2D eigenvalue weighted by atomic mass is 35.5.